The Kier molecular flexibility index (Phi) is 3.43. The Hall–Kier alpha value is -1.03. The number of rotatable bonds is 6. The third-order valence-corrected chi connectivity index (χ3v) is 3.62. The van der Waals surface area contributed by atoms with Crippen LogP contribution in [0.15, 0.2) is 17.2 Å². The second-order valence-corrected chi connectivity index (χ2v) is 5.88. The van der Waals surface area contributed by atoms with Gasteiger partial charge in [-0.2, -0.15) is 0 Å². The molecule has 0 aromatic carbocycles. The lowest BCUT2D eigenvalue weighted by molar-refractivity contribution is 0.326. The van der Waals surface area contributed by atoms with Crippen molar-refractivity contribution < 1.29 is 0 Å². The van der Waals surface area contributed by atoms with Gasteiger partial charge in [0.25, 0.3) is 0 Å². The first-order valence-electron chi connectivity index (χ1n) is 6.51. The van der Waals surface area contributed by atoms with Crippen LogP contribution in [-0.4, -0.2) is 15.7 Å². The molecular formula is C13H23N3O. The molecule has 0 aliphatic heterocycles. The summed E-state index contributed by atoms with van der Waals surface area (Å²) in [6.45, 7) is 5.85. The summed E-state index contributed by atoms with van der Waals surface area (Å²) in [5.41, 5.74) is 6.03. The summed E-state index contributed by atoms with van der Waals surface area (Å²) >= 11 is 0. The minimum atomic E-state index is 0.151. The van der Waals surface area contributed by atoms with Crippen molar-refractivity contribution in [1.82, 2.24) is 9.13 Å². The van der Waals surface area contributed by atoms with Gasteiger partial charge in [-0.05, 0) is 37.6 Å². The summed E-state index contributed by atoms with van der Waals surface area (Å²) in [5, 5.41) is 0. The van der Waals surface area contributed by atoms with E-state index >= 15 is 0 Å². The molecule has 0 saturated heterocycles. The summed E-state index contributed by atoms with van der Waals surface area (Å²) in [5.74, 6) is 0. The number of hydrogen-bond donors (Lipinski definition) is 1. The summed E-state index contributed by atoms with van der Waals surface area (Å²) in [4.78, 5) is 12.0. The van der Waals surface area contributed by atoms with Crippen molar-refractivity contribution >= 4 is 0 Å². The normalized spacial score (nSPS) is 16.4. The van der Waals surface area contributed by atoms with Crippen LogP contribution in [-0.2, 0) is 6.54 Å². The molecule has 0 radical (unpaired) electrons. The molecule has 1 saturated carbocycles. The van der Waals surface area contributed by atoms with Crippen LogP contribution in [0, 0.1) is 5.41 Å². The van der Waals surface area contributed by atoms with E-state index in [0.29, 0.717) is 12.6 Å². The van der Waals surface area contributed by atoms with Gasteiger partial charge in [0, 0.05) is 25.0 Å². The first-order valence-corrected chi connectivity index (χ1v) is 6.51. The fourth-order valence-electron chi connectivity index (χ4n) is 2.06. The smallest absolute Gasteiger partial charge is 0.328 e. The van der Waals surface area contributed by atoms with E-state index in [1.54, 1.807) is 0 Å². The largest absolute Gasteiger partial charge is 0.330 e. The fraction of sp³-hybridized carbons (Fsp3) is 0.769. The molecule has 1 aromatic rings. The molecule has 0 amide bonds. The molecule has 1 heterocycles. The first kappa shape index (κ1) is 12.4. The molecule has 1 aliphatic rings. The van der Waals surface area contributed by atoms with Crippen LogP contribution in [0.3, 0.4) is 0 Å². The predicted octanol–water partition coefficient (Wildman–Crippen LogP) is 1.75. The van der Waals surface area contributed by atoms with Gasteiger partial charge in [-0.3, -0.25) is 9.13 Å². The molecule has 0 atom stereocenters. The molecule has 0 bridgehead atoms. The molecule has 17 heavy (non-hydrogen) atoms. The zero-order valence-electron chi connectivity index (χ0n) is 10.9. The van der Waals surface area contributed by atoms with Crippen molar-refractivity contribution in [3.05, 3.63) is 22.9 Å². The molecule has 1 aliphatic carbocycles. The number of nitrogens with two attached hydrogens (primary N) is 1. The summed E-state index contributed by atoms with van der Waals surface area (Å²) in [6, 6.07) is 0.476. The number of nitrogens with zero attached hydrogens (tertiary/aromatic N) is 2. The van der Waals surface area contributed by atoms with Crippen molar-refractivity contribution in [2.24, 2.45) is 11.1 Å². The van der Waals surface area contributed by atoms with Gasteiger partial charge in [-0.1, -0.05) is 13.8 Å². The van der Waals surface area contributed by atoms with E-state index in [1.165, 1.54) is 0 Å². The molecule has 1 aromatic heterocycles. The maximum absolute atomic E-state index is 12.0. The van der Waals surface area contributed by atoms with Crippen LogP contribution < -0.4 is 11.4 Å². The van der Waals surface area contributed by atoms with Gasteiger partial charge in [-0.25, -0.2) is 4.79 Å². The quantitative estimate of drug-likeness (QED) is 0.819. The SMILES string of the molecule is CC(C)(CN)CCCn1ccn(C2CC2)c1=O. The highest BCUT2D eigenvalue weighted by atomic mass is 16.1. The van der Waals surface area contributed by atoms with Crippen molar-refractivity contribution in [3.8, 4) is 0 Å². The van der Waals surface area contributed by atoms with Crippen molar-refractivity contribution in [2.45, 2.75) is 52.1 Å². The van der Waals surface area contributed by atoms with Crippen molar-refractivity contribution in [3.63, 3.8) is 0 Å². The molecule has 96 valence electrons. The third kappa shape index (κ3) is 3.00. The first-order chi connectivity index (χ1) is 8.03. The van der Waals surface area contributed by atoms with Crippen LogP contribution in [0.1, 0.15) is 45.6 Å². The summed E-state index contributed by atoms with van der Waals surface area (Å²) in [6.07, 6.45) is 8.22. The minimum absolute atomic E-state index is 0.151. The van der Waals surface area contributed by atoms with Crippen LogP contribution in [0.2, 0.25) is 0 Å². The number of aromatic nitrogens is 2. The Bertz CT molecular complexity index is 426. The molecule has 4 nitrogen and oxygen atoms in total. The summed E-state index contributed by atoms with van der Waals surface area (Å²) in [7, 11) is 0. The molecule has 2 rings (SSSR count). The third-order valence-electron chi connectivity index (χ3n) is 3.62. The lowest BCUT2D eigenvalue weighted by Gasteiger charge is -2.21. The second kappa shape index (κ2) is 4.69. The van der Waals surface area contributed by atoms with E-state index in [9.17, 15) is 4.79 Å². The van der Waals surface area contributed by atoms with Gasteiger partial charge in [0.15, 0.2) is 0 Å². The number of aryl methyl sites for hydroxylation is 1. The van der Waals surface area contributed by atoms with Gasteiger partial charge < -0.3 is 5.73 Å². The Balaban J connectivity index is 1.89. The maximum atomic E-state index is 12.0. The van der Waals surface area contributed by atoms with Crippen molar-refractivity contribution in [1.29, 1.82) is 0 Å². The molecule has 0 unspecified atom stereocenters. The zero-order chi connectivity index (χ0) is 12.5. The van der Waals surface area contributed by atoms with Gasteiger partial charge in [0.2, 0.25) is 0 Å². The van der Waals surface area contributed by atoms with Gasteiger partial charge in [0.1, 0.15) is 0 Å². The Labute approximate surface area is 102 Å². The van der Waals surface area contributed by atoms with E-state index in [1.807, 2.05) is 21.5 Å². The second-order valence-electron chi connectivity index (χ2n) is 5.88. The Morgan fingerprint density at radius 2 is 2.12 bits per heavy atom. The van der Waals surface area contributed by atoms with E-state index in [0.717, 1.165) is 32.2 Å². The highest BCUT2D eigenvalue weighted by molar-refractivity contribution is 4.91. The van der Waals surface area contributed by atoms with Gasteiger partial charge in [-0.15, -0.1) is 0 Å². The van der Waals surface area contributed by atoms with Crippen LogP contribution in [0.25, 0.3) is 0 Å². The van der Waals surface area contributed by atoms with Crippen LogP contribution in [0.5, 0.6) is 0 Å². The highest BCUT2D eigenvalue weighted by Gasteiger charge is 2.25. The topological polar surface area (TPSA) is 52.9 Å². The predicted molar refractivity (Wildman–Crippen MR) is 69.0 cm³/mol. The van der Waals surface area contributed by atoms with E-state index in [-0.39, 0.29) is 11.1 Å². The molecule has 4 heteroatoms. The van der Waals surface area contributed by atoms with E-state index in [4.69, 9.17) is 5.73 Å². The van der Waals surface area contributed by atoms with Gasteiger partial charge >= 0.3 is 5.69 Å². The standard InChI is InChI=1S/C13H23N3O/c1-13(2,10-14)6-3-7-15-8-9-16(12(15)17)11-4-5-11/h8-9,11H,3-7,10,14H2,1-2H3. The highest BCUT2D eigenvalue weighted by Crippen LogP contribution is 2.33. The fourth-order valence-corrected chi connectivity index (χ4v) is 2.06. The molecule has 1 fully saturated rings. The maximum Gasteiger partial charge on any atom is 0.328 e. The van der Waals surface area contributed by atoms with Crippen molar-refractivity contribution in [2.75, 3.05) is 6.54 Å². The van der Waals surface area contributed by atoms with Crippen LogP contribution in [0.4, 0.5) is 0 Å². The number of hydrogen-bond acceptors (Lipinski definition) is 2. The summed E-state index contributed by atoms with van der Waals surface area (Å²) < 4.78 is 3.69. The molecule has 2 N–H and O–H groups in total. The number of imidazole rings is 1. The average Bonchev–Trinajstić information content (AvgIpc) is 3.06. The molecular weight excluding hydrogens is 214 g/mol. The van der Waals surface area contributed by atoms with Gasteiger partial charge in [0.05, 0.1) is 0 Å². The minimum Gasteiger partial charge on any atom is -0.330 e. The Morgan fingerprint density at radius 3 is 2.71 bits per heavy atom. The van der Waals surface area contributed by atoms with Crippen LogP contribution >= 0.6 is 0 Å². The molecule has 0 spiro atoms. The van der Waals surface area contributed by atoms with E-state index in [2.05, 4.69) is 13.8 Å². The monoisotopic (exact) mass is 237 g/mol. The van der Waals surface area contributed by atoms with E-state index < -0.39 is 0 Å². The Morgan fingerprint density at radius 1 is 1.41 bits per heavy atom. The zero-order valence-corrected chi connectivity index (χ0v) is 10.9. The lowest BCUT2D eigenvalue weighted by Crippen LogP contribution is -2.26. The average molecular weight is 237 g/mol. The lowest BCUT2D eigenvalue weighted by atomic mass is 9.88.